The van der Waals surface area contributed by atoms with Gasteiger partial charge < -0.3 is 14.2 Å². The molecule has 0 saturated carbocycles. The number of alkyl halides is 4. The quantitative estimate of drug-likeness (QED) is 0.0424. The fourth-order valence-electron chi connectivity index (χ4n) is 5.37. The number of ether oxygens (including phenoxy) is 3. The first-order chi connectivity index (χ1) is 24.2. The highest BCUT2D eigenvalue weighted by Crippen LogP contribution is 2.37. The van der Waals surface area contributed by atoms with E-state index in [1.807, 2.05) is 0 Å². The Kier molecular flexibility index (Phi) is 16.0. The monoisotopic (exact) mass is 710 g/mol. The maximum Gasteiger partial charge on any atom is 0.426 e. The third-order valence-corrected chi connectivity index (χ3v) is 8.50. The second-order valence-electron chi connectivity index (χ2n) is 13.1. The van der Waals surface area contributed by atoms with Gasteiger partial charge in [-0.15, -0.1) is 0 Å². The van der Waals surface area contributed by atoms with E-state index in [-0.39, 0.29) is 34.0 Å². The van der Waals surface area contributed by atoms with Gasteiger partial charge in [0.05, 0.1) is 17.7 Å². The van der Waals surface area contributed by atoms with Crippen LogP contribution in [-0.4, -0.2) is 18.4 Å². The van der Waals surface area contributed by atoms with Crippen LogP contribution in [0.1, 0.15) is 106 Å². The molecule has 0 saturated heterocycles. The van der Waals surface area contributed by atoms with Crippen molar-refractivity contribution < 1.29 is 41.4 Å². The molecule has 5 nitrogen and oxygen atoms in total. The number of hydrogen-bond acceptors (Lipinski definition) is 5. The molecule has 3 aromatic carbocycles. The van der Waals surface area contributed by atoms with Crippen molar-refractivity contribution in [2.45, 2.75) is 110 Å². The van der Waals surface area contributed by atoms with Crippen LogP contribution < -0.4 is 9.47 Å². The van der Waals surface area contributed by atoms with Gasteiger partial charge in [-0.3, -0.25) is 4.79 Å². The summed E-state index contributed by atoms with van der Waals surface area (Å²) in [6, 6.07) is 15.5. The van der Waals surface area contributed by atoms with Crippen molar-refractivity contribution >= 4 is 11.8 Å². The summed E-state index contributed by atoms with van der Waals surface area (Å²) in [5.74, 6) is -0.623. The molecular formula is C42H50F4O5. The number of Topliss-reactive ketones (excluding diaryl/α,β-unsaturated/α-hetero) is 1. The number of unbranched alkanes of at least 4 members (excludes halogenated alkanes) is 7. The maximum absolute atomic E-state index is 15.1. The molecule has 0 bridgehead atoms. The first kappa shape index (κ1) is 41.0. The molecule has 0 N–H and O–H groups in total. The van der Waals surface area contributed by atoms with Gasteiger partial charge in [-0.25, -0.2) is 4.79 Å². The van der Waals surface area contributed by atoms with Crippen LogP contribution in [0.3, 0.4) is 0 Å². The van der Waals surface area contributed by atoms with Crippen molar-refractivity contribution in [3.05, 3.63) is 119 Å². The number of ketones is 1. The van der Waals surface area contributed by atoms with Crippen LogP contribution in [-0.2, 0) is 39.4 Å². The van der Waals surface area contributed by atoms with Crippen LogP contribution >= 0.6 is 0 Å². The number of allylic oxidation sites excluding steroid dienone is 1. The van der Waals surface area contributed by atoms with E-state index in [0.717, 1.165) is 81.8 Å². The van der Waals surface area contributed by atoms with Gasteiger partial charge in [0.15, 0.2) is 5.78 Å². The summed E-state index contributed by atoms with van der Waals surface area (Å²) in [6.45, 7) is 12.4. The Morgan fingerprint density at radius 3 is 1.63 bits per heavy atom. The van der Waals surface area contributed by atoms with Crippen LogP contribution in [0, 0.1) is 6.92 Å². The van der Waals surface area contributed by atoms with E-state index in [1.165, 1.54) is 49.4 Å². The van der Waals surface area contributed by atoms with E-state index in [0.29, 0.717) is 24.2 Å². The number of rotatable bonds is 23. The molecule has 0 aliphatic carbocycles. The molecule has 0 spiro atoms. The van der Waals surface area contributed by atoms with E-state index in [4.69, 9.17) is 14.2 Å². The first-order valence-corrected chi connectivity index (χ1v) is 17.6. The summed E-state index contributed by atoms with van der Waals surface area (Å²) in [7, 11) is 0. The molecule has 0 aromatic heterocycles. The molecule has 0 aliphatic heterocycles. The van der Waals surface area contributed by atoms with Crippen molar-refractivity contribution in [2.75, 3.05) is 6.61 Å². The molecule has 0 aliphatic rings. The summed E-state index contributed by atoms with van der Waals surface area (Å²) >= 11 is 0. The average molecular weight is 711 g/mol. The molecule has 0 amide bonds. The Hall–Kier alpha value is -4.40. The Bertz CT molecular complexity index is 1600. The topological polar surface area (TPSA) is 61.8 Å². The first-order valence-electron chi connectivity index (χ1n) is 17.6. The minimum Gasteiger partial charge on any atom is -0.462 e. The molecule has 3 aromatic rings. The fourth-order valence-corrected chi connectivity index (χ4v) is 5.37. The van der Waals surface area contributed by atoms with Crippen molar-refractivity contribution in [1.29, 1.82) is 0 Å². The van der Waals surface area contributed by atoms with E-state index in [2.05, 4.69) is 13.2 Å². The Morgan fingerprint density at radius 2 is 1.12 bits per heavy atom. The van der Waals surface area contributed by atoms with E-state index >= 15 is 17.6 Å². The average Bonchev–Trinajstić information content (AvgIpc) is 3.08. The van der Waals surface area contributed by atoms with Gasteiger partial charge in [0.1, 0.15) is 11.5 Å². The molecule has 0 radical (unpaired) electrons. The van der Waals surface area contributed by atoms with Gasteiger partial charge in [-0.2, -0.15) is 17.6 Å². The minimum absolute atomic E-state index is 0.105. The smallest absolute Gasteiger partial charge is 0.426 e. The number of esters is 1. The van der Waals surface area contributed by atoms with Gasteiger partial charge >= 0.3 is 18.2 Å². The molecule has 9 heteroatoms. The van der Waals surface area contributed by atoms with Gasteiger partial charge in [-0.1, -0.05) is 69.5 Å². The summed E-state index contributed by atoms with van der Waals surface area (Å²) < 4.78 is 75.4. The largest absolute Gasteiger partial charge is 0.462 e. The van der Waals surface area contributed by atoms with Crippen LogP contribution in [0.2, 0.25) is 0 Å². The SMILES string of the molecule is C=C(C)C(=O)CCCCCCCc1ccc(C(F)(F)Oc2ccc(OC(F)(F)c3ccc(CCCCCCOC(=O)C(=C)C)cc3)c(C)c2)cc1. The molecule has 0 heterocycles. The lowest BCUT2D eigenvalue weighted by molar-refractivity contribution is -0.188. The lowest BCUT2D eigenvalue weighted by Crippen LogP contribution is -2.23. The van der Waals surface area contributed by atoms with E-state index in [1.54, 1.807) is 38.1 Å². The normalized spacial score (nSPS) is 11.6. The molecule has 51 heavy (non-hydrogen) atoms. The van der Waals surface area contributed by atoms with Crippen molar-refractivity contribution in [2.24, 2.45) is 0 Å². The predicted molar refractivity (Wildman–Crippen MR) is 192 cm³/mol. The molecular weight excluding hydrogens is 660 g/mol. The van der Waals surface area contributed by atoms with Gasteiger partial charge in [0, 0.05) is 12.0 Å². The summed E-state index contributed by atoms with van der Waals surface area (Å²) in [5, 5.41) is 0. The zero-order chi connectivity index (χ0) is 37.4. The van der Waals surface area contributed by atoms with Crippen LogP contribution in [0.5, 0.6) is 11.5 Å². The molecule has 0 unspecified atom stereocenters. The number of carbonyl (C=O) groups is 2. The third-order valence-electron chi connectivity index (χ3n) is 8.50. The van der Waals surface area contributed by atoms with Crippen molar-refractivity contribution in [1.82, 2.24) is 0 Å². The van der Waals surface area contributed by atoms with Crippen molar-refractivity contribution in [3.8, 4) is 11.5 Å². The van der Waals surface area contributed by atoms with Crippen LogP contribution in [0.15, 0.2) is 91.0 Å². The van der Waals surface area contributed by atoms with Gasteiger partial charge in [0.2, 0.25) is 0 Å². The summed E-state index contributed by atoms with van der Waals surface area (Å²) in [5.41, 5.74) is 2.38. The highest BCUT2D eigenvalue weighted by Gasteiger charge is 2.36. The Balaban J connectivity index is 1.44. The predicted octanol–water partition coefficient (Wildman–Crippen LogP) is 11.5. The van der Waals surface area contributed by atoms with Gasteiger partial charge in [0.25, 0.3) is 0 Å². The highest BCUT2D eigenvalue weighted by molar-refractivity contribution is 5.94. The lowest BCUT2D eigenvalue weighted by Gasteiger charge is -2.22. The van der Waals surface area contributed by atoms with Crippen LogP contribution in [0.4, 0.5) is 17.6 Å². The highest BCUT2D eigenvalue weighted by atomic mass is 19.3. The van der Waals surface area contributed by atoms with Crippen LogP contribution in [0.25, 0.3) is 0 Å². The third kappa shape index (κ3) is 14.0. The number of halogens is 4. The number of hydrogen-bond donors (Lipinski definition) is 0. The Labute approximate surface area is 299 Å². The van der Waals surface area contributed by atoms with Gasteiger partial charge in [-0.05, 0) is 124 Å². The molecule has 0 fully saturated rings. The van der Waals surface area contributed by atoms with E-state index < -0.39 is 18.2 Å². The second-order valence-corrected chi connectivity index (χ2v) is 13.1. The number of aryl methyl sites for hydroxylation is 3. The van der Waals surface area contributed by atoms with Crippen molar-refractivity contribution in [3.63, 3.8) is 0 Å². The number of carbonyl (C=O) groups excluding carboxylic acids is 2. The maximum atomic E-state index is 15.1. The summed E-state index contributed by atoms with van der Waals surface area (Å²) in [4.78, 5) is 23.0. The molecule has 3 rings (SSSR count). The zero-order valence-electron chi connectivity index (χ0n) is 30.0. The van der Waals surface area contributed by atoms with E-state index in [9.17, 15) is 9.59 Å². The second kappa shape index (κ2) is 19.8. The zero-order valence-corrected chi connectivity index (χ0v) is 30.0. The fraction of sp³-hybridized carbons (Fsp3) is 0.429. The molecule has 276 valence electrons. The molecule has 0 atom stereocenters. The Morgan fingerprint density at radius 1 is 0.627 bits per heavy atom. The minimum atomic E-state index is -3.65. The lowest BCUT2D eigenvalue weighted by atomic mass is 10.0. The summed E-state index contributed by atoms with van der Waals surface area (Å²) in [6.07, 6.45) is 2.83. The number of benzene rings is 3. The standard InChI is InChI=1S/C42H50F4O5/c1-30(2)38(47)17-13-8-6-7-11-15-33-18-22-35(23-19-33)41(43,44)50-37-26-27-39(32(5)29-37)51-42(45,46)36-24-20-34(21-25-36)16-12-9-10-14-28-49-40(48)31(3)4/h18-27,29H,1,3,6-17,28H2,2,4-5H3.